The Morgan fingerprint density at radius 2 is 1.73 bits per heavy atom. The highest BCUT2D eigenvalue weighted by Crippen LogP contribution is 2.33. The average Bonchev–Trinajstić information content (AvgIpc) is 3.44. The van der Waals surface area contributed by atoms with E-state index in [0.717, 1.165) is 31.0 Å². The molecule has 0 saturated carbocycles. The number of nitrogens with zero attached hydrogens (tertiary/aromatic N) is 4. The number of piperidine rings is 1. The molecule has 2 aromatic carbocycles. The quantitative estimate of drug-likeness (QED) is 0.503. The number of hydrogen-bond donors (Lipinski definition) is 1. The maximum Gasteiger partial charge on any atom is 0.125 e. The fourth-order valence-electron chi connectivity index (χ4n) is 4.53. The Morgan fingerprint density at radius 3 is 2.50 bits per heavy atom. The summed E-state index contributed by atoms with van der Waals surface area (Å²) in [5.41, 5.74) is 5.99. The van der Waals surface area contributed by atoms with Crippen LogP contribution in [0.5, 0.6) is 0 Å². The van der Waals surface area contributed by atoms with E-state index in [1.807, 2.05) is 24.7 Å². The molecule has 5 nitrogen and oxygen atoms in total. The van der Waals surface area contributed by atoms with E-state index in [9.17, 15) is 0 Å². The molecule has 0 bridgehead atoms. The number of likely N-dealkylation sites (tertiary alicyclic amines) is 1. The van der Waals surface area contributed by atoms with Crippen molar-refractivity contribution < 1.29 is 0 Å². The van der Waals surface area contributed by atoms with Crippen molar-refractivity contribution in [3.63, 3.8) is 0 Å². The van der Waals surface area contributed by atoms with Crippen LogP contribution in [-0.4, -0.2) is 31.2 Å². The molecular weight excluding hydrogens is 370 g/mol. The molecule has 4 aromatic rings. The summed E-state index contributed by atoms with van der Waals surface area (Å²) < 4.78 is 2.15. The van der Waals surface area contributed by atoms with Crippen LogP contribution < -0.4 is 0 Å². The molecule has 1 N–H and O–H groups in total. The van der Waals surface area contributed by atoms with Gasteiger partial charge in [-0.25, -0.2) is 4.98 Å². The standard InChI is InChI=1S/C25H27N5/c1-29-16-14-26-25(29)23-9-5-6-15-30(23)18-22-17-27-28-24(22)21-12-10-20(11-13-21)19-7-3-2-4-8-19/h2-4,7-8,10-14,16-17,23H,5-6,9,15,18H2,1H3,(H,27,28)/t23-/m1/s1. The Kier molecular flexibility index (Phi) is 5.20. The van der Waals surface area contributed by atoms with Gasteiger partial charge in [0, 0.05) is 31.5 Å². The van der Waals surface area contributed by atoms with E-state index < -0.39 is 0 Å². The number of nitrogens with one attached hydrogen (secondary N) is 1. The van der Waals surface area contributed by atoms with Gasteiger partial charge < -0.3 is 4.57 Å². The molecule has 1 fully saturated rings. The van der Waals surface area contributed by atoms with Gasteiger partial charge in [0.1, 0.15) is 5.82 Å². The molecular formula is C25H27N5. The first kappa shape index (κ1) is 18.8. The van der Waals surface area contributed by atoms with Gasteiger partial charge >= 0.3 is 0 Å². The van der Waals surface area contributed by atoms with Crippen molar-refractivity contribution in [2.45, 2.75) is 31.8 Å². The lowest BCUT2D eigenvalue weighted by Crippen LogP contribution is -2.34. The topological polar surface area (TPSA) is 49.7 Å². The second-order valence-electron chi connectivity index (χ2n) is 8.09. The second-order valence-corrected chi connectivity index (χ2v) is 8.09. The van der Waals surface area contributed by atoms with E-state index >= 15 is 0 Å². The summed E-state index contributed by atoms with van der Waals surface area (Å²) in [4.78, 5) is 7.19. The van der Waals surface area contributed by atoms with E-state index in [1.165, 1.54) is 35.1 Å². The zero-order valence-corrected chi connectivity index (χ0v) is 17.3. The number of hydrogen-bond acceptors (Lipinski definition) is 3. The Labute approximate surface area is 177 Å². The minimum absolute atomic E-state index is 0.363. The zero-order chi connectivity index (χ0) is 20.3. The Bertz CT molecular complexity index is 1090. The van der Waals surface area contributed by atoms with Crippen molar-refractivity contribution in [2.24, 2.45) is 7.05 Å². The van der Waals surface area contributed by atoms with Gasteiger partial charge in [-0.1, -0.05) is 61.0 Å². The number of aryl methyl sites for hydroxylation is 1. The highest BCUT2D eigenvalue weighted by molar-refractivity contribution is 5.69. The van der Waals surface area contributed by atoms with Gasteiger partial charge in [0.15, 0.2) is 0 Å². The molecule has 0 amide bonds. The first-order valence-corrected chi connectivity index (χ1v) is 10.7. The molecule has 1 aliphatic rings. The van der Waals surface area contributed by atoms with Gasteiger partial charge in [0.2, 0.25) is 0 Å². The molecule has 1 saturated heterocycles. The fourth-order valence-corrected chi connectivity index (χ4v) is 4.53. The third-order valence-corrected chi connectivity index (χ3v) is 6.14. The second kappa shape index (κ2) is 8.28. The highest BCUT2D eigenvalue weighted by atomic mass is 15.2. The Hall–Kier alpha value is -3.18. The van der Waals surface area contributed by atoms with E-state index in [2.05, 4.69) is 80.2 Å². The summed E-state index contributed by atoms with van der Waals surface area (Å²) in [7, 11) is 2.09. The molecule has 2 aromatic heterocycles. The summed E-state index contributed by atoms with van der Waals surface area (Å²) >= 11 is 0. The molecule has 30 heavy (non-hydrogen) atoms. The summed E-state index contributed by atoms with van der Waals surface area (Å²) in [6.07, 6.45) is 9.57. The fraction of sp³-hybridized carbons (Fsp3) is 0.280. The summed E-state index contributed by atoms with van der Waals surface area (Å²) in [5.74, 6) is 1.16. The maximum atomic E-state index is 4.64. The summed E-state index contributed by atoms with van der Waals surface area (Å²) in [6.45, 7) is 1.97. The monoisotopic (exact) mass is 397 g/mol. The molecule has 0 aliphatic carbocycles. The predicted octanol–water partition coefficient (Wildman–Crippen LogP) is 5.20. The van der Waals surface area contributed by atoms with Crippen molar-refractivity contribution in [1.82, 2.24) is 24.6 Å². The average molecular weight is 398 g/mol. The van der Waals surface area contributed by atoms with Gasteiger partial charge in [0.25, 0.3) is 0 Å². The van der Waals surface area contributed by atoms with E-state index in [4.69, 9.17) is 0 Å². The number of benzene rings is 2. The van der Waals surface area contributed by atoms with Crippen LogP contribution in [-0.2, 0) is 13.6 Å². The minimum atomic E-state index is 0.363. The van der Waals surface area contributed by atoms with E-state index in [0.29, 0.717) is 6.04 Å². The molecule has 1 atom stereocenters. The summed E-state index contributed by atoms with van der Waals surface area (Å²) in [6, 6.07) is 19.6. The lowest BCUT2D eigenvalue weighted by molar-refractivity contribution is 0.132. The molecule has 0 spiro atoms. The van der Waals surface area contributed by atoms with Crippen molar-refractivity contribution >= 4 is 0 Å². The van der Waals surface area contributed by atoms with Gasteiger partial charge in [-0.05, 0) is 36.1 Å². The first-order valence-electron chi connectivity index (χ1n) is 10.7. The van der Waals surface area contributed by atoms with E-state index in [1.54, 1.807) is 0 Å². The zero-order valence-electron chi connectivity index (χ0n) is 17.3. The van der Waals surface area contributed by atoms with Crippen LogP contribution in [0.15, 0.2) is 73.2 Å². The SMILES string of the molecule is Cn1ccnc1[C@H]1CCCCN1Cc1cn[nH]c1-c1ccc(-c2ccccc2)cc1. The highest BCUT2D eigenvalue weighted by Gasteiger charge is 2.27. The third-order valence-electron chi connectivity index (χ3n) is 6.14. The molecule has 3 heterocycles. The largest absolute Gasteiger partial charge is 0.337 e. The van der Waals surface area contributed by atoms with Crippen molar-refractivity contribution in [2.75, 3.05) is 6.54 Å². The van der Waals surface area contributed by atoms with Crippen LogP contribution in [0.4, 0.5) is 0 Å². The smallest absolute Gasteiger partial charge is 0.125 e. The Balaban J connectivity index is 1.39. The van der Waals surface area contributed by atoms with Crippen LogP contribution in [0, 0.1) is 0 Å². The number of imidazole rings is 1. The van der Waals surface area contributed by atoms with Crippen LogP contribution in [0.1, 0.15) is 36.7 Å². The number of rotatable bonds is 5. The van der Waals surface area contributed by atoms with Crippen LogP contribution >= 0.6 is 0 Å². The molecule has 1 aliphatic heterocycles. The number of H-pyrrole nitrogens is 1. The Morgan fingerprint density at radius 1 is 0.967 bits per heavy atom. The maximum absolute atomic E-state index is 4.64. The third kappa shape index (κ3) is 3.68. The molecule has 0 unspecified atom stereocenters. The first-order chi connectivity index (χ1) is 14.8. The lowest BCUT2D eigenvalue weighted by Gasteiger charge is -2.35. The molecule has 5 heteroatoms. The molecule has 0 radical (unpaired) electrons. The normalized spacial score (nSPS) is 17.3. The molecule has 5 rings (SSSR count). The van der Waals surface area contributed by atoms with Gasteiger partial charge in [-0.2, -0.15) is 5.10 Å². The minimum Gasteiger partial charge on any atom is -0.337 e. The van der Waals surface area contributed by atoms with Gasteiger partial charge in [-0.3, -0.25) is 10.00 Å². The van der Waals surface area contributed by atoms with Crippen molar-refractivity contribution in [3.05, 3.63) is 84.6 Å². The van der Waals surface area contributed by atoms with Crippen molar-refractivity contribution in [3.8, 4) is 22.4 Å². The number of aromatic nitrogens is 4. The van der Waals surface area contributed by atoms with Gasteiger partial charge in [-0.15, -0.1) is 0 Å². The van der Waals surface area contributed by atoms with Gasteiger partial charge in [0.05, 0.1) is 17.9 Å². The number of aromatic amines is 1. The lowest BCUT2D eigenvalue weighted by atomic mass is 9.99. The molecule has 152 valence electrons. The summed E-state index contributed by atoms with van der Waals surface area (Å²) in [5, 5.41) is 7.61. The van der Waals surface area contributed by atoms with Crippen LogP contribution in [0.25, 0.3) is 22.4 Å². The van der Waals surface area contributed by atoms with Crippen molar-refractivity contribution in [1.29, 1.82) is 0 Å². The van der Waals surface area contributed by atoms with Crippen LogP contribution in [0.2, 0.25) is 0 Å². The predicted molar refractivity (Wildman–Crippen MR) is 120 cm³/mol. The van der Waals surface area contributed by atoms with E-state index in [-0.39, 0.29) is 0 Å². The van der Waals surface area contributed by atoms with Crippen LogP contribution in [0.3, 0.4) is 0 Å².